The van der Waals surface area contributed by atoms with Gasteiger partial charge in [0.15, 0.2) is 0 Å². The molecule has 0 atom stereocenters. The number of rotatable bonds is 3. The molecule has 6 heteroatoms. The zero-order chi connectivity index (χ0) is 19.3. The van der Waals surface area contributed by atoms with E-state index in [0.29, 0.717) is 16.3 Å². The minimum absolute atomic E-state index is 0.180. The van der Waals surface area contributed by atoms with Crippen molar-refractivity contribution in [3.8, 4) is 22.5 Å². The van der Waals surface area contributed by atoms with Crippen molar-refractivity contribution in [3.05, 3.63) is 87.2 Å². The van der Waals surface area contributed by atoms with Gasteiger partial charge >= 0.3 is 0 Å². The maximum absolute atomic E-state index is 12.7. The molecule has 0 radical (unpaired) electrons. The summed E-state index contributed by atoms with van der Waals surface area (Å²) in [5.41, 5.74) is 3.01. The van der Waals surface area contributed by atoms with Crippen LogP contribution in [0.4, 0.5) is 5.69 Å². The minimum atomic E-state index is -0.180. The Balaban J connectivity index is 1.53. The molecule has 0 bridgehead atoms. The summed E-state index contributed by atoms with van der Waals surface area (Å²) in [6.07, 6.45) is 1.72. The van der Waals surface area contributed by atoms with E-state index < -0.39 is 0 Å². The van der Waals surface area contributed by atoms with Gasteiger partial charge in [-0.15, -0.1) is 22.7 Å². The van der Waals surface area contributed by atoms with E-state index in [2.05, 4.69) is 27.1 Å². The first-order valence-electron chi connectivity index (χ1n) is 8.55. The lowest BCUT2D eigenvalue weighted by Gasteiger charge is -2.04. The fourth-order valence-corrected chi connectivity index (χ4v) is 4.06. The van der Waals surface area contributed by atoms with Gasteiger partial charge in [0.25, 0.3) is 5.91 Å². The van der Waals surface area contributed by atoms with Crippen LogP contribution in [0.2, 0.25) is 0 Å². The van der Waals surface area contributed by atoms with Crippen LogP contribution < -0.4 is 5.32 Å². The van der Waals surface area contributed by atoms with E-state index in [1.807, 2.05) is 66.9 Å². The summed E-state index contributed by atoms with van der Waals surface area (Å²) in [6, 6.07) is 17.1. The Morgan fingerprint density at radius 1 is 1.07 bits per heavy atom. The molecule has 0 saturated carbocycles. The molecule has 4 aromatic rings. The van der Waals surface area contributed by atoms with Crippen molar-refractivity contribution >= 4 is 34.3 Å². The Hall–Kier alpha value is -3.27. The summed E-state index contributed by atoms with van der Waals surface area (Å²) in [6.45, 7) is 1.83. The zero-order valence-electron chi connectivity index (χ0n) is 15.0. The number of benzene rings is 1. The molecule has 0 saturated heterocycles. The van der Waals surface area contributed by atoms with Crippen molar-refractivity contribution in [2.45, 2.75) is 6.92 Å². The second-order valence-corrected chi connectivity index (χ2v) is 7.86. The second-order valence-electron chi connectivity index (χ2n) is 5.91. The third-order valence-electron chi connectivity index (χ3n) is 3.86. The van der Waals surface area contributed by atoms with Crippen LogP contribution in [0.15, 0.2) is 66.2 Å². The number of pyridine rings is 1. The molecule has 1 amide bonds. The van der Waals surface area contributed by atoms with E-state index in [4.69, 9.17) is 0 Å². The topological polar surface area (TPSA) is 54.9 Å². The highest BCUT2D eigenvalue weighted by molar-refractivity contribution is 7.17. The van der Waals surface area contributed by atoms with Crippen molar-refractivity contribution in [2.24, 2.45) is 0 Å². The van der Waals surface area contributed by atoms with Gasteiger partial charge in [0.1, 0.15) is 9.88 Å². The number of hydrogen-bond donors (Lipinski definition) is 1. The Kier molecular flexibility index (Phi) is 5.29. The molecule has 0 fully saturated rings. The van der Waals surface area contributed by atoms with Crippen LogP contribution in [0, 0.1) is 18.8 Å². The SMILES string of the molecule is Cc1nc(-c2ccccn2)sc1C(=O)Nc1cccc(C#Cc2cccs2)c1. The monoisotopic (exact) mass is 401 g/mol. The van der Waals surface area contributed by atoms with Crippen LogP contribution in [-0.4, -0.2) is 15.9 Å². The van der Waals surface area contributed by atoms with Gasteiger partial charge < -0.3 is 5.32 Å². The van der Waals surface area contributed by atoms with E-state index >= 15 is 0 Å². The summed E-state index contributed by atoms with van der Waals surface area (Å²) in [7, 11) is 0. The van der Waals surface area contributed by atoms with Crippen LogP contribution in [-0.2, 0) is 0 Å². The van der Waals surface area contributed by atoms with Crippen molar-refractivity contribution in [3.63, 3.8) is 0 Å². The highest BCUT2D eigenvalue weighted by Crippen LogP contribution is 2.27. The first-order valence-corrected chi connectivity index (χ1v) is 10.2. The number of aromatic nitrogens is 2. The minimum Gasteiger partial charge on any atom is -0.321 e. The van der Waals surface area contributed by atoms with Crippen LogP contribution in [0.3, 0.4) is 0 Å². The lowest BCUT2D eigenvalue weighted by Crippen LogP contribution is -2.11. The smallest absolute Gasteiger partial charge is 0.267 e. The van der Waals surface area contributed by atoms with Gasteiger partial charge in [0.2, 0.25) is 0 Å². The zero-order valence-corrected chi connectivity index (χ0v) is 16.6. The molecule has 1 aromatic carbocycles. The molecule has 0 aliphatic heterocycles. The highest BCUT2D eigenvalue weighted by atomic mass is 32.1. The van der Waals surface area contributed by atoms with E-state index in [0.717, 1.165) is 21.1 Å². The maximum Gasteiger partial charge on any atom is 0.267 e. The molecule has 0 unspecified atom stereocenters. The number of carbonyl (C=O) groups is 1. The fraction of sp³-hybridized carbons (Fsp3) is 0.0455. The average molecular weight is 402 g/mol. The Labute approximate surface area is 170 Å². The summed E-state index contributed by atoms with van der Waals surface area (Å²) in [4.78, 5) is 23.1. The molecule has 4 nitrogen and oxygen atoms in total. The van der Waals surface area contributed by atoms with Crippen molar-refractivity contribution in [1.29, 1.82) is 0 Å². The highest BCUT2D eigenvalue weighted by Gasteiger charge is 2.17. The summed E-state index contributed by atoms with van der Waals surface area (Å²) in [5, 5.41) is 5.68. The maximum atomic E-state index is 12.7. The molecule has 28 heavy (non-hydrogen) atoms. The van der Waals surface area contributed by atoms with Gasteiger partial charge in [-0.05, 0) is 48.7 Å². The molecular weight excluding hydrogens is 386 g/mol. The fourth-order valence-electron chi connectivity index (χ4n) is 2.55. The molecule has 0 spiro atoms. The van der Waals surface area contributed by atoms with Gasteiger partial charge in [-0.25, -0.2) is 4.98 Å². The molecule has 3 heterocycles. The van der Waals surface area contributed by atoms with Gasteiger partial charge in [-0.1, -0.05) is 30.0 Å². The van der Waals surface area contributed by atoms with Crippen LogP contribution in [0.5, 0.6) is 0 Å². The van der Waals surface area contributed by atoms with E-state index in [9.17, 15) is 4.79 Å². The number of thiazole rings is 1. The van der Waals surface area contributed by atoms with Gasteiger partial charge in [0.05, 0.1) is 16.3 Å². The molecule has 0 aliphatic rings. The predicted octanol–water partition coefficient (Wildman–Crippen LogP) is 5.23. The number of nitrogens with zero attached hydrogens (tertiary/aromatic N) is 2. The molecular formula is C22H15N3OS2. The summed E-state index contributed by atoms with van der Waals surface area (Å²) in [5.74, 6) is 6.07. The lowest BCUT2D eigenvalue weighted by molar-refractivity contribution is 0.103. The van der Waals surface area contributed by atoms with Gasteiger partial charge in [0, 0.05) is 17.4 Å². The lowest BCUT2D eigenvalue weighted by atomic mass is 10.2. The first kappa shape index (κ1) is 18.1. The Morgan fingerprint density at radius 3 is 2.79 bits per heavy atom. The Morgan fingerprint density at radius 2 is 2.00 bits per heavy atom. The standard InChI is InChI=1S/C22H15N3OS2/c1-15-20(28-22(24-15)19-9-2-3-12-23-19)21(26)25-17-7-4-6-16(14-17)10-11-18-8-5-13-27-18/h2-9,12-14H,1H3,(H,25,26). The summed E-state index contributed by atoms with van der Waals surface area (Å²) < 4.78 is 0. The van der Waals surface area contributed by atoms with Gasteiger partial charge in [-0.3, -0.25) is 9.78 Å². The predicted molar refractivity (Wildman–Crippen MR) is 115 cm³/mol. The van der Waals surface area contributed by atoms with Crippen LogP contribution >= 0.6 is 22.7 Å². The van der Waals surface area contributed by atoms with E-state index in [-0.39, 0.29) is 5.91 Å². The number of carbonyl (C=O) groups excluding carboxylic acids is 1. The number of anilines is 1. The molecule has 1 N–H and O–H groups in total. The van der Waals surface area contributed by atoms with Crippen LogP contribution in [0.1, 0.15) is 25.8 Å². The third kappa shape index (κ3) is 4.17. The van der Waals surface area contributed by atoms with Crippen LogP contribution in [0.25, 0.3) is 10.7 Å². The second kappa shape index (κ2) is 8.17. The van der Waals surface area contributed by atoms with Gasteiger partial charge in [-0.2, -0.15) is 0 Å². The largest absolute Gasteiger partial charge is 0.321 e. The van der Waals surface area contributed by atoms with Crippen molar-refractivity contribution in [1.82, 2.24) is 9.97 Å². The van der Waals surface area contributed by atoms with Crippen molar-refractivity contribution in [2.75, 3.05) is 5.32 Å². The number of hydrogen-bond acceptors (Lipinski definition) is 5. The summed E-state index contributed by atoms with van der Waals surface area (Å²) >= 11 is 2.94. The van der Waals surface area contributed by atoms with Crippen molar-refractivity contribution < 1.29 is 4.79 Å². The molecule has 136 valence electrons. The number of nitrogens with one attached hydrogen (secondary N) is 1. The van der Waals surface area contributed by atoms with E-state index in [1.54, 1.807) is 17.5 Å². The normalized spacial score (nSPS) is 10.2. The Bertz CT molecular complexity index is 1170. The number of amides is 1. The number of aryl methyl sites for hydroxylation is 1. The quantitative estimate of drug-likeness (QED) is 0.479. The molecule has 3 aromatic heterocycles. The van der Waals surface area contributed by atoms with E-state index in [1.165, 1.54) is 11.3 Å². The molecule has 4 rings (SSSR count). The number of thiophene rings is 1. The third-order valence-corrected chi connectivity index (χ3v) is 5.82. The molecule has 0 aliphatic carbocycles. The average Bonchev–Trinajstić information content (AvgIpc) is 3.37. The first-order chi connectivity index (χ1) is 13.7.